The van der Waals surface area contributed by atoms with Gasteiger partial charge in [0, 0.05) is 9.75 Å². The van der Waals surface area contributed by atoms with Crippen molar-refractivity contribution in [3.05, 3.63) is 21.9 Å². The van der Waals surface area contributed by atoms with E-state index in [0.717, 1.165) is 32.1 Å². The summed E-state index contributed by atoms with van der Waals surface area (Å²) in [5.41, 5.74) is 5.48. The molecule has 1 aliphatic carbocycles. The molecule has 1 amide bonds. The van der Waals surface area contributed by atoms with E-state index in [9.17, 15) is 4.79 Å². The topological polar surface area (TPSA) is 55.1 Å². The molecule has 1 aliphatic rings. The van der Waals surface area contributed by atoms with E-state index >= 15 is 0 Å². The minimum atomic E-state index is -0.606. The van der Waals surface area contributed by atoms with Gasteiger partial charge in [0.2, 0.25) is 5.91 Å². The van der Waals surface area contributed by atoms with Crippen LogP contribution in [-0.2, 0) is 17.8 Å². The van der Waals surface area contributed by atoms with E-state index in [1.165, 1.54) is 9.75 Å². The Kier molecular flexibility index (Phi) is 5.63. The molecule has 0 saturated heterocycles. The SMILES string of the molecule is CCc1ccc(CNC(=O)C2(N)CCCC2)s1.Cl. The van der Waals surface area contributed by atoms with Crippen molar-refractivity contribution in [2.24, 2.45) is 5.73 Å². The number of carbonyl (C=O) groups excluding carboxylic acids is 1. The standard InChI is InChI=1S/C13H20N2OS.ClH/c1-2-10-5-6-11(17-10)9-15-12(16)13(14)7-3-4-8-13;/h5-6H,2-4,7-9,14H2,1H3,(H,15,16);1H. The molecule has 1 aromatic rings. The Morgan fingerprint density at radius 1 is 1.39 bits per heavy atom. The predicted molar refractivity (Wildman–Crippen MR) is 78.2 cm³/mol. The van der Waals surface area contributed by atoms with Crippen LogP contribution in [0, 0.1) is 0 Å². The highest BCUT2D eigenvalue weighted by molar-refractivity contribution is 7.11. The van der Waals surface area contributed by atoms with Crippen molar-refractivity contribution >= 4 is 29.7 Å². The van der Waals surface area contributed by atoms with Crippen LogP contribution in [0.25, 0.3) is 0 Å². The Morgan fingerprint density at radius 2 is 2.00 bits per heavy atom. The van der Waals surface area contributed by atoms with Crippen molar-refractivity contribution in [1.29, 1.82) is 0 Å². The van der Waals surface area contributed by atoms with E-state index in [1.54, 1.807) is 11.3 Å². The Balaban J connectivity index is 0.00000162. The predicted octanol–water partition coefficient (Wildman–Crippen LogP) is 2.62. The maximum atomic E-state index is 12.0. The van der Waals surface area contributed by atoms with Crippen molar-refractivity contribution < 1.29 is 4.79 Å². The van der Waals surface area contributed by atoms with Gasteiger partial charge in [-0.25, -0.2) is 0 Å². The van der Waals surface area contributed by atoms with Crippen LogP contribution < -0.4 is 11.1 Å². The van der Waals surface area contributed by atoms with E-state index in [-0.39, 0.29) is 18.3 Å². The number of thiophene rings is 1. The first-order valence-corrected chi connectivity index (χ1v) is 7.10. The number of nitrogens with two attached hydrogens (primary N) is 1. The molecule has 2 rings (SSSR count). The third-order valence-electron chi connectivity index (χ3n) is 3.44. The van der Waals surface area contributed by atoms with Crippen LogP contribution in [-0.4, -0.2) is 11.4 Å². The van der Waals surface area contributed by atoms with Crippen LogP contribution in [0.2, 0.25) is 0 Å². The maximum Gasteiger partial charge on any atom is 0.240 e. The zero-order valence-electron chi connectivity index (χ0n) is 10.7. The molecule has 0 radical (unpaired) electrons. The lowest BCUT2D eigenvalue weighted by molar-refractivity contribution is -0.126. The van der Waals surface area contributed by atoms with Gasteiger partial charge in [-0.05, 0) is 31.4 Å². The molecule has 18 heavy (non-hydrogen) atoms. The van der Waals surface area contributed by atoms with Gasteiger partial charge in [-0.1, -0.05) is 19.8 Å². The molecule has 0 atom stereocenters. The molecule has 3 N–H and O–H groups in total. The summed E-state index contributed by atoms with van der Waals surface area (Å²) in [7, 11) is 0. The molecule has 3 nitrogen and oxygen atoms in total. The minimum Gasteiger partial charge on any atom is -0.350 e. The van der Waals surface area contributed by atoms with Crippen LogP contribution >= 0.6 is 23.7 Å². The van der Waals surface area contributed by atoms with E-state index in [4.69, 9.17) is 5.73 Å². The summed E-state index contributed by atoms with van der Waals surface area (Å²) < 4.78 is 0. The lowest BCUT2D eigenvalue weighted by atomic mass is 9.98. The molecule has 0 bridgehead atoms. The second-order valence-electron chi connectivity index (χ2n) is 4.77. The van der Waals surface area contributed by atoms with Gasteiger partial charge in [-0.2, -0.15) is 0 Å². The lowest BCUT2D eigenvalue weighted by Crippen LogP contribution is -2.51. The van der Waals surface area contributed by atoms with E-state index < -0.39 is 5.54 Å². The first kappa shape index (κ1) is 15.5. The summed E-state index contributed by atoms with van der Waals surface area (Å²) >= 11 is 1.76. The largest absolute Gasteiger partial charge is 0.350 e. The minimum absolute atomic E-state index is 0. The Labute approximate surface area is 119 Å². The normalized spacial score (nSPS) is 17.2. The second-order valence-corrected chi connectivity index (χ2v) is 6.02. The van der Waals surface area contributed by atoms with E-state index in [2.05, 4.69) is 24.4 Å². The highest BCUT2D eigenvalue weighted by Gasteiger charge is 2.36. The molecule has 0 aromatic carbocycles. The van der Waals surface area contributed by atoms with Crippen molar-refractivity contribution in [3.63, 3.8) is 0 Å². The number of nitrogens with one attached hydrogen (secondary N) is 1. The average molecular weight is 289 g/mol. The summed E-state index contributed by atoms with van der Waals surface area (Å²) in [5, 5.41) is 2.97. The van der Waals surface area contributed by atoms with Crippen molar-refractivity contribution in [1.82, 2.24) is 5.32 Å². The molecule has 0 aliphatic heterocycles. The summed E-state index contributed by atoms with van der Waals surface area (Å²) in [4.78, 5) is 14.5. The van der Waals surface area contributed by atoms with Gasteiger partial charge in [0.25, 0.3) is 0 Å². The Hall–Kier alpha value is -0.580. The number of rotatable bonds is 4. The molecular formula is C13H21ClN2OS. The maximum absolute atomic E-state index is 12.0. The van der Waals surface area contributed by atoms with Gasteiger partial charge >= 0.3 is 0 Å². The Bertz CT molecular complexity index is 399. The third kappa shape index (κ3) is 3.46. The number of amides is 1. The quantitative estimate of drug-likeness (QED) is 0.895. The van der Waals surface area contributed by atoms with E-state index in [0.29, 0.717) is 6.54 Å². The van der Waals surface area contributed by atoms with Gasteiger partial charge < -0.3 is 11.1 Å². The molecule has 1 heterocycles. The number of aryl methyl sites for hydroxylation is 1. The van der Waals surface area contributed by atoms with Crippen LogP contribution in [0.1, 0.15) is 42.4 Å². The molecule has 1 aromatic heterocycles. The summed E-state index contributed by atoms with van der Waals surface area (Å²) in [6.07, 6.45) is 4.85. The fraction of sp³-hybridized carbons (Fsp3) is 0.615. The summed E-state index contributed by atoms with van der Waals surface area (Å²) in [5.74, 6) is 0.0152. The van der Waals surface area contributed by atoms with Gasteiger partial charge in [0.05, 0.1) is 12.1 Å². The fourth-order valence-electron chi connectivity index (χ4n) is 2.28. The second kappa shape index (κ2) is 6.55. The number of hydrogen-bond acceptors (Lipinski definition) is 3. The monoisotopic (exact) mass is 288 g/mol. The van der Waals surface area contributed by atoms with Crippen LogP contribution in [0.15, 0.2) is 12.1 Å². The first-order valence-electron chi connectivity index (χ1n) is 6.29. The highest BCUT2D eigenvalue weighted by atomic mass is 35.5. The molecule has 1 saturated carbocycles. The summed E-state index contributed by atoms with van der Waals surface area (Å²) in [6, 6.07) is 4.21. The number of halogens is 1. The molecule has 0 spiro atoms. The molecule has 102 valence electrons. The van der Waals surface area contributed by atoms with Gasteiger partial charge in [-0.15, -0.1) is 23.7 Å². The Morgan fingerprint density at radius 3 is 2.56 bits per heavy atom. The van der Waals surface area contributed by atoms with Crippen LogP contribution in [0.3, 0.4) is 0 Å². The van der Waals surface area contributed by atoms with Crippen molar-refractivity contribution in [3.8, 4) is 0 Å². The van der Waals surface area contributed by atoms with Gasteiger partial charge in [0.1, 0.15) is 0 Å². The van der Waals surface area contributed by atoms with Crippen molar-refractivity contribution in [2.45, 2.75) is 51.1 Å². The van der Waals surface area contributed by atoms with Gasteiger partial charge in [0.15, 0.2) is 0 Å². The summed E-state index contributed by atoms with van der Waals surface area (Å²) in [6.45, 7) is 2.75. The van der Waals surface area contributed by atoms with Crippen LogP contribution in [0.5, 0.6) is 0 Å². The lowest BCUT2D eigenvalue weighted by Gasteiger charge is -2.21. The zero-order chi connectivity index (χ0) is 12.3. The fourth-order valence-corrected chi connectivity index (χ4v) is 3.18. The number of hydrogen-bond donors (Lipinski definition) is 2. The average Bonchev–Trinajstić information content (AvgIpc) is 2.95. The third-order valence-corrected chi connectivity index (χ3v) is 4.67. The zero-order valence-corrected chi connectivity index (χ0v) is 12.3. The van der Waals surface area contributed by atoms with Crippen LogP contribution in [0.4, 0.5) is 0 Å². The molecule has 0 unspecified atom stereocenters. The smallest absolute Gasteiger partial charge is 0.240 e. The molecule has 1 fully saturated rings. The van der Waals surface area contributed by atoms with Gasteiger partial charge in [-0.3, -0.25) is 4.79 Å². The molecular weight excluding hydrogens is 268 g/mol. The highest BCUT2D eigenvalue weighted by Crippen LogP contribution is 2.27. The van der Waals surface area contributed by atoms with Crippen molar-refractivity contribution in [2.75, 3.05) is 0 Å². The molecule has 5 heteroatoms. The van der Waals surface area contributed by atoms with E-state index in [1.807, 2.05) is 0 Å². The first-order chi connectivity index (χ1) is 8.14. The number of carbonyl (C=O) groups is 1.